The largest absolute Gasteiger partial charge is 0.294 e. The summed E-state index contributed by atoms with van der Waals surface area (Å²) in [7, 11) is -3.99. The predicted molar refractivity (Wildman–Crippen MR) is 73.0 cm³/mol. The first-order valence-corrected chi connectivity index (χ1v) is 7.74. The van der Waals surface area contributed by atoms with Crippen LogP contribution in [0.15, 0.2) is 29.2 Å². The van der Waals surface area contributed by atoms with E-state index in [1.54, 1.807) is 6.92 Å². The molecule has 2 amide bonds. The highest BCUT2D eigenvalue weighted by Crippen LogP contribution is 2.18. The molecule has 0 aliphatic carbocycles. The summed E-state index contributed by atoms with van der Waals surface area (Å²) in [5, 5.41) is 2.03. The van der Waals surface area contributed by atoms with Gasteiger partial charge in [0.05, 0.1) is 18.0 Å². The molecular weight excluding hydrogens is 296 g/mol. The van der Waals surface area contributed by atoms with Crippen LogP contribution in [0.5, 0.6) is 0 Å². The second-order valence-corrected chi connectivity index (χ2v) is 6.49. The average molecular weight is 310 g/mol. The van der Waals surface area contributed by atoms with E-state index in [2.05, 4.69) is 0 Å². The molecule has 0 atom stereocenters. The molecule has 1 saturated heterocycles. The van der Waals surface area contributed by atoms with Gasteiger partial charge in [-0.25, -0.2) is 8.42 Å². The zero-order valence-corrected chi connectivity index (χ0v) is 12.1. The Hall–Kier alpha value is -2.06. The number of carbonyl (C=O) groups is 3. The van der Waals surface area contributed by atoms with Crippen molar-refractivity contribution in [3.63, 3.8) is 0 Å². The van der Waals surface area contributed by atoms with Crippen molar-refractivity contribution in [1.82, 2.24) is 9.62 Å². The highest BCUT2D eigenvalue weighted by atomic mass is 32.2. The molecule has 0 spiro atoms. The van der Waals surface area contributed by atoms with Crippen LogP contribution in [0.25, 0.3) is 0 Å². The fraction of sp³-hybridized carbons (Fsp3) is 0.308. The van der Waals surface area contributed by atoms with E-state index >= 15 is 0 Å². The maximum Gasteiger partial charge on any atom is 0.244 e. The van der Waals surface area contributed by atoms with Crippen LogP contribution in [0.2, 0.25) is 0 Å². The molecule has 0 saturated carbocycles. The summed E-state index contributed by atoms with van der Waals surface area (Å²) < 4.78 is 25.6. The lowest BCUT2D eigenvalue weighted by Crippen LogP contribution is -2.53. The summed E-state index contributed by atoms with van der Waals surface area (Å²) in [5.74, 6) is -1.52. The van der Waals surface area contributed by atoms with Crippen molar-refractivity contribution in [2.75, 3.05) is 13.1 Å². The Bertz CT molecular complexity index is 695. The van der Waals surface area contributed by atoms with E-state index < -0.39 is 34.9 Å². The van der Waals surface area contributed by atoms with Gasteiger partial charge in [0, 0.05) is 12.0 Å². The molecule has 1 fully saturated rings. The number of hydrogen-bond acceptors (Lipinski definition) is 5. The number of nitrogens with zero attached hydrogens (tertiary/aromatic N) is 1. The fourth-order valence-electron chi connectivity index (χ4n) is 1.96. The van der Waals surface area contributed by atoms with Crippen LogP contribution in [-0.4, -0.2) is 43.4 Å². The van der Waals surface area contributed by atoms with Gasteiger partial charge >= 0.3 is 0 Å². The van der Waals surface area contributed by atoms with Crippen molar-refractivity contribution in [2.45, 2.75) is 18.2 Å². The molecule has 1 aromatic rings. The van der Waals surface area contributed by atoms with Gasteiger partial charge in [-0.15, -0.1) is 0 Å². The number of ketones is 1. The molecule has 7 nitrogen and oxygen atoms in total. The molecule has 112 valence electrons. The van der Waals surface area contributed by atoms with E-state index in [0.717, 1.165) is 4.31 Å². The molecular formula is C13H14N2O5S. The molecule has 0 aromatic heterocycles. The standard InChI is InChI=1S/C13H14N2O5S/c1-2-11(16)9-4-3-5-10(6-9)21(19,20)15-7-12(17)14-13(18)8-15/h3-6H,2,7-8H2,1H3,(H,14,17,18). The summed E-state index contributed by atoms with van der Waals surface area (Å²) in [6.45, 7) is 0.844. The molecule has 1 heterocycles. The minimum atomic E-state index is -3.99. The number of hydrogen-bond donors (Lipinski definition) is 1. The van der Waals surface area contributed by atoms with Crippen molar-refractivity contribution in [3.05, 3.63) is 29.8 Å². The second kappa shape index (κ2) is 5.74. The lowest BCUT2D eigenvalue weighted by Gasteiger charge is -2.24. The summed E-state index contributed by atoms with van der Waals surface area (Å²) >= 11 is 0. The van der Waals surface area contributed by atoms with Crippen molar-refractivity contribution in [2.24, 2.45) is 0 Å². The van der Waals surface area contributed by atoms with E-state index in [4.69, 9.17) is 0 Å². The molecule has 0 bridgehead atoms. The minimum absolute atomic E-state index is 0.107. The maximum absolute atomic E-state index is 12.4. The van der Waals surface area contributed by atoms with Crippen molar-refractivity contribution >= 4 is 27.6 Å². The van der Waals surface area contributed by atoms with Gasteiger partial charge in [-0.05, 0) is 12.1 Å². The van der Waals surface area contributed by atoms with Gasteiger partial charge in [-0.3, -0.25) is 19.7 Å². The molecule has 0 unspecified atom stereocenters. The van der Waals surface area contributed by atoms with Gasteiger partial charge < -0.3 is 0 Å². The van der Waals surface area contributed by atoms with E-state index in [1.165, 1.54) is 24.3 Å². The zero-order valence-electron chi connectivity index (χ0n) is 11.3. The predicted octanol–water partition coefficient (Wildman–Crippen LogP) is -0.0736. The number of piperazine rings is 1. The van der Waals surface area contributed by atoms with Gasteiger partial charge in [-0.2, -0.15) is 4.31 Å². The molecule has 8 heteroatoms. The van der Waals surface area contributed by atoms with Crippen LogP contribution < -0.4 is 5.32 Å². The molecule has 1 N–H and O–H groups in total. The SMILES string of the molecule is CCC(=O)c1cccc(S(=O)(=O)N2CC(=O)NC(=O)C2)c1. The summed E-state index contributed by atoms with van der Waals surface area (Å²) in [6.07, 6.45) is 0.258. The Kier molecular flexibility index (Phi) is 4.19. The minimum Gasteiger partial charge on any atom is -0.294 e. The Labute approximate surface area is 122 Å². The third kappa shape index (κ3) is 3.17. The number of amides is 2. The second-order valence-electron chi connectivity index (χ2n) is 4.55. The molecule has 0 radical (unpaired) electrons. The van der Waals surface area contributed by atoms with Gasteiger partial charge in [0.1, 0.15) is 0 Å². The monoisotopic (exact) mass is 310 g/mol. The molecule has 1 aliphatic heterocycles. The first kappa shape index (κ1) is 15.3. The average Bonchev–Trinajstić information content (AvgIpc) is 2.45. The number of nitrogens with one attached hydrogen (secondary N) is 1. The zero-order chi connectivity index (χ0) is 15.6. The Morgan fingerprint density at radius 2 is 1.86 bits per heavy atom. The molecule has 21 heavy (non-hydrogen) atoms. The van der Waals surface area contributed by atoms with Crippen LogP contribution in [0, 0.1) is 0 Å². The first-order valence-electron chi connectivity index (χ1n) is 6.30. The number of Topliss-reactive ketones (excluding diaryl/α,β-unsaturated/α-hetero) is 1. The van der Waals surface area contributed by atoms with E-state index in [-0.39, 0.29) is 22.7 Å². The third-order valence-electron chi connectivity index (χ3n) is 3.03. The van der Waals surface area contributed by atoms with Crippen LogP contribution in [0.4, 0.5) is 0 Å². The topological polar surface area (TPSA) is 101 Å². The Morgan fingerprint density at radius 3 is 2.43 bits per heavy atom. The third-order valence-corrected chi connectivity index (χ3v) is 4.82. The van der Waals surface area contributed by atoms with E-state index in [9.17, 15) is 22.8 Å². The highest BCUT2D eigenvalue weighted by Gasteiger charge is 2.33. The number of carbonyl (C=O) groups excluding carboxylic acids is 3. The molecule has 1 aromatic carbocycles. The van der Waals surface area contributed by atoms with Crippen LogP contribution in [0.1, 0.15) is 23.7 Å². The first-order chi connectivity index (χ1) is 9.84. The number of imide groups is 1. The van der Waals surface area contributed by atoms with Crippen LogP contribution in [-0.2, 0) is 19.6 Å². The number of sulfonamides is 1. The van der Waals surface area contributed by atoms with Gasteiger partial charge in [-0.1, -0.05) is 19.1 Å². The lowest BCUT2D eigenvalue weighted by atomic mass is 10.1. The van der Waals surface area contributed by atoms with Gasteiger partial charge in [0.2, 0.25) is 21.8 Å². The van der Waals surface area contributed by atoms with E-state index in [0.29, 0.717) is 0 Å². The summed E-state index contributed by atoms with van der Waals surface area (Å²) in [6, 6.07) is 5.58. The van der Waals surface area contributed by atoms with Crippen molar-refractivity contribution < 1.29 is 22.8 Å². The van der Waals surface area contributed by atoms with Crippen LogP contribution in [0.3, 0.4) is 0 Å². The van der Waals surface area contributed by atoms with Crippen molar-refractivity contribution in [3.8, 4) is 0 Å². The Balaban J connectivity index is 2.37. The Morgan fingerprint density at radius 1 is 1.24 bits per heavy atom. The van der Waals surface area contributed by atoms with E-state index in [1.807, 2.05) is 5.32 Å². The summed E-state index contributed by atoms with van der Waals surface area (Å²) in [5.41, 5.74) is 0.284. The van der Waals surface area contributed by atoms with Crippen LogP contribution >= 0.6 is 0 Å². The lowest BCUT2D eigenvalue weighted by molar-refractivity contribution is -0.134. The highest BCUT2D eigenvalue weighted by molar-refractivity contribution is 7.89. The number of rotatable bonds is 4. The van der Waals surface area contributed by atoms with Gasteiger partial charge in [0.15, 0.2) is 5.78 Å². The smallest absolute Gasteiger partial charge is 0.244 e. The normalized spacial score (nSPS) is 16.6. The molecule has 2 rings (SSSR count). The molecule has 1 aliphatic rings. The van der Waals surface area contributed by atoms with Gasteiger partial charge in [0.25, 0.3) is 0 Å². The number of benzene rings is 1. The summed E-state index contributed by atoms with van der Waals surface area (Å²) in [4.78, 5) is 34.1. The fourth-order valence-corrected chi connectivity index (χ4v) is 3.36. The maximum atomic E-state index is 12.4. The van der Waals surface area contributed by atoms with Crippen molar-refractivity contribution in [1.29, 1.82) is 0 Å². The quantitative estimate of drug-likeness (QED) is 0.619.